The van der Waals surface area contributed by atoms with Gasteiger partial charge in [0.2, 0.25) is 5.91 Å². The van der Waals surface area contributed by atoms with E-state index in [1.165, 1.54) is 0 Å². The number of hydrogen-bond acceptors (Lipinski definition) is 2. The minimum Gasteiger partial charge on any atom is -0.494 e. The van der Waals surface area contributed by atoms with Crippen molar-refractivity contribution < 1.29 is 9.53 Å². The zero-order valence-corrected chi connectivity index (χ0v) is 12.8. The second kappa shape index (κ2) is 7.91. The van der Waals surface area contributed by atoms with Crippen LogP contribution in [0.4, 0.5) is 5.69 Å². The Hall–Kier alpha value is -1.71. The fraction of sp³-hybridized carbons (Fsp3) is 0.188. The third kappa shape index (κ3) is 5.66. The van der Waals surface area contributed by atoms with E-state index in [4.69, 9.17) is 27.9 Å². The third-order valence-electron chi connectivity index (χ3n) is 2.74. The van der Waals surface area contributed by atoms with Crippen LogP contribution in [-0.2, 0) is 4.79 Å². The van der Waals surface area contributed by atoms with Gasteiger partial charge in [0.05, 0.1) is 6.61 Å². The molecule has 0 fully saturated rings. The number of rotatable bonds is 6. The molecule has 110 valence electrons. The van der Waals surface area contributed by atoms with Gasteiger partial charge in [0.1, 0.15) is 5.75 Å². The molecule has 0 heterocycles. The minimum absolute atomic E-state index is 0.0584. The number of carbonyl (C=O) groups excluding carboxylic acids is 1. The fourth-order valence-corrected chi connectivity index (χ4v) is 2.06. The lowest BCUT2D eigenvalue weighted by Gasteiger charge is -2.07. The standard InChI is InChI=1S/C16H15Cl2NO2/c17-12-6-8-15(9-7-12)21-10-2-5-16(20)19-14-4-1-3-13(18)11-14/h1,3-4,6-9,11H,2,5,10H2,(H,19,20). The van der Waals surface area contributed by atoms with Crippen LogP contribution >= 0.6 is 23.2 Å². The molecule has 1 N–H and O–H groups in total. The van der Waals surface area contributed by atoms with Crippen LogP contribution in [0.5, 0.6) is 5.75 Å². The number of nitrogens with one attached hydrogen (secondary N) is 1. The van der Waals surface area contributed by atoms with Crippen LogP contribution in [0.15, 0.2) is 48.5 Å². The van der Waals surface area contributed by atoms with Crippen LogP contribution in [0.25, 0.3) is 0 Å². The third-order valence-corrected chi connectivity index (χ3v) is 3.23. The summed E-state index contributed by atoms with van der Waals surface area (Å²) in [5.74, 6) is 0.687. The molecule has 1 amide bonds. The van der Waals surface area contributed by atoms with E-state index < -0.39 is 0 Å². The van der Waals surface area contributed by atoms with Gasteiger partial charge in [0, 0.05) is 22.2 Å². The molecule has 2 aromatic rings. The lowest BCUT2D eigenvalue weighted by molar-refractivity contribution is -0.116. The molecule has 0 bridgehead atoms. The van der Waals surface area contributed by atoms with Crippen molar-refractivity contribution >= 4 is 34.8 Å². The van der Waals surface area contributed by atoms with E-state index in [-0.39, 0.29) is 5.91 Å². The van der Waals surface area contributed by atoms with E-state index in [1.807, 2.05) is 0 Å². The van der Waals surface area contributed by atoms with Crippen LogP contribution in [-0.4, -0.2) is 12.5 Å². The highest BCUT2D eigenvalue weighted by atomic mass is 35.5. The molecule has 0 spiro atoms. The molecule has 2 rings (SSSR count). The van der Waals surface area contributed by atoms with E-state index >= 15 is 0 Å². The molecule has 0 radical (unpaired) electrons. The molecule has 0 aliphatic rings. The lowest BCUT2D eigenvalue weighted by Crippen LogP contribution is -2.12. The topological polar surface area (TPSA) is 38.3 Å². The van der Waals surface area contributed by atoms with Crippen LogP contribution in [0.3, 0.4) is 0 Å². The SMILES string of the molecule is O=C(CCCOc1ccc(Cl)cc1)Nc1cccc(Cl)c1. The smallest absolute Gasteiger partial charge is 0.224 e. The van der Waals surface area contributed by atoms with E-state index in [1.54, 1.807) is 48.5 Å². The highest BCUT2D eigenvalue weighted by Gasteiger charge is 2.03. The Morgan fingerprint density at radius 2 is 1.81 bits per heavy atom. The molecule has 0 saturated heterocycles. The van der Waals surface area contributed by atoms with Crippen LogP contribution < -0.4 is 10.1 Å². The zero-order valence-electron chi connectivity index (χ0n) is 11.3. The molecule has 0 atom stereocenters. The summed E-state index contributed by atoms with van der Waals surface area (Å²) in [5, 5.41) is 4.06. The number of benzene rings is 2. The summed E-state index contributed by atoms with van der Waals surface area (Å²) in [7, 11) is 0. The second-order valence-corrected chi connectivity index (χ2v) is 5.34. The molecule has 2 aromatic carbocycles. The first-order chi connectivity index (χ1) is 10.1. The van der Waals surface area contributed by atoms with E-state index in [9.17, 15) is 4.79 Å². The molecule has 21 heavy (non-hydrogen) atoms. The monoisotopic (exact) mass is 323 g/mol. The van der Waals surface area contributed by atoms with Crippen molar-refractivity contribution in [3.8, 4) is 5.75 Å². The summed E-state index contributed by atoms with van der Waals surface area (Å²) in [6.07, 6.45) is 1.02. The first-order valence-corrected chi connectivity index (χ1v) is 7.33. The van der Waals surface area contributed by atoms with Gasteiger partial charge in [-0.15, -0.1) is 0 Å². The average Bonchev–Trinajstić information content (AvgIpc) is 2.45. The maximum Gasteiger partial charge on any atom is 0.224 e. The van der Waals surface area contributed by atoms with Gasteiger partial charge in [-0.25, -0.2) is 0 Å². The Morgan fingerprint density at radius 1 is 1.05 bits per heavy atom. The molecule has 3 nitrogen and oxygen atoms in total. The largest absolute Gasteiger partial charge is 0.494 e. The first-order valence-electron chi connectivity index (χ1n) is 6.57. The molecule has 0 aliphatic carbocycles. The normalized spacial score (nSPS) is 10.2. The van der Waals surface area contributed by atoms with Gasteiger partial charge >= 0.3 is 0 Å². The van der Waals surface area contributed by atoms with Gasteiger partial charge in [0.15, 0.2) is 0 Å². The number of halogens is 2. The summed E-state index contributed by atoms with van der Waals surface area (Å²) in [6.45, 7) is 0.477. The van der Waals surface area contributed by atoms with E-state index in [0.717, 1.165) is 5.75 Å². The van der Waals surface area contributed by atoms with E-state index in [2.05, 4.69) is 5.32 Å². The number of hydrogen-bond donors (Lipinski definition) is 1. The van der Waals surface area contributed by atoms with Crippen molar-refractivity contribution in [1.82, 2.24) is 0 Å². The maximum atomic E-state index is 11.8. The molecule has 0 unspecified atom stereocenters. The van der Waals surface area contributed by atoms with Crippen LogP contribution in [0, 0.1) is 0 Å². The van der Waals surface area contributed by atoms with Gasteiger partial charge in [-0.2, -0.15) is 0 Å². The molecule has 0 saturated carbocycles. The summed E-state index contributed by atoms with van der Waals surface area (Å²) in [4.78, 5) is 11.8. The highest BCUT2D eigenvalue weighted by molar-refractivity contribution is 6.31. The van der Waals surface area contributed by atoms with Crippen molar-refractivity contribution in [3.05, 3.63) is 58.6 Å². The summed E-state index contributed by atoms with van der Waals surface area (Å²) in [5.41, 5.74) is 0.700. The Labute approximate surface area is 133 Å². The molecule has 5 heteroatoms. The highest BCUT2D eigenvalue weighted by Crippen LogP contribution is 2.16. The van der Waals surface area contributed by atoms with Crippen molar-refractivity contribution in [2.24, 2.45) is 0 Å². The van der Waals surface area contributed by atoms with Crippen molar-refractivity contribution in [3.63, 3.8) is 0 Å². The molecular formula is C16H15Cl2NO2. The lowest BCUT2D eigenvalue weighted by atomic mass is 10.2. The average molecular weight is 324 g/mol. The predicted octanol–water partition coefficient (Wildman–Crippen LogP) is 4.79. The number of anilines is 1. The van der Waals surface area contributed by atoms with Gasteiger partial charge in [-0.1, -0.05) is 29.3 Å². The Kier molecular flexibility index (Phi) is 5.90. The molecule has 0 aromatic heterocycles. The summed E-state index contributed by atoms with van der Waals surface area (Å²) in [6, 6.07) is 14.2. The minimum atomic E-state index is -0.0584. The quantitative estimate of drug-likeness (QED) is 0.776. The van der Waals surface area contributed by atoms with Crippen LogP contribution in [0.2, 0.25) is 10.0 Å². The van der Waals surface area contributed by atoms with Gasteiger partial charge in [-0.05, 0) is 48.9 Å². The number of amides is 1. The summed E-state index contributed by atoms with van der Waals surface area (Å²) >= 11 is 11.6. The molecular weight excluding hydrogens is 309 g/mol. The second-order valence-electron chi connectivity index (χ2n) is 4.46. The summed E-state index contributed by atoms with van der Waals surface area (Å²) < 4.78 is 5.52. The zero-order chi connectivity index (χ0) is 15.1. The van der Waals surface area contributed by atoms with Crippen molar-refractivity contribution in [2.75, 3.05) is 11.9 Å². The Morgan fingerprint density at radius 3 is 2.52 bits per heavy atom. The molecule has 0 aliphatic heterocycles. The fourth-order valence-electron chi connectivity index (χ4n) is 1.74. The van der Waals surface area contributed by atoms with E-state index in [0.29, 0.717) is 35.2 Å². The Bertz CT molecular complexity index is 599. The number of carbonyl (C=O) groups is 1. The maximum absolute atomic E-state index is 11.8. The Balaban J connectivity index is 1.68. The van der Waals surface area contributed by atoms with Crippen molar-refractivity contribution in [1.29, 1.82) is 0 Å². The first kappa shape index (κ1) is 15.7. The number of ether oxygens (including phenoxy) is 1. The van der Waals surface area contributed by atoms with Gasteiger partial charge < -0.3 is 10.1 Å². The van der Waals surface area contributed by atoms with Gasteiger partial charge in [-0.3, -0.25) is 4.79 Å². The van der Waals surface area contributed by atoms with Gasteiger partial charge in [0.25, 0.3) is 0 Å². The van der Waals surface area contributed by atoms with Crippen molar-refractivity contribution in [2.45, 2.75) is 12.8 Å². The van der Waals surface area contributed by atoms with Crippen LogP contribution in [0.1, 0.15) is 12.8 Å². The predicted molar refractivity (Wildman–Crippen MR) is 86.3 cm³/mol.